The molecule has 0 bridgehead atoms. The summed E-state index contributed by atoms with van der Waals surface area (Å²) in [5, 5.41) is 19.6. The summed E-state index contributed by atoms with van der Waals surface area (Å²) in [6, 6.07) is 3.81. The van der Waals surface area contributed by atoms with E-state index in [1.165, 1.54) is 4.90 Å². The minimum Gasteiger partial charge on any atom is -0.479 e. The highest BCUT2D eigenvalue weighted by atomic mass is 32.2. The quantitative estimate of drug-likeness (QED) is 0.329. The van der Waals surface area contributed by atoms with Crippen LogP contribution >= 0.6 is 0 Å². The van der Waals surface area contributed by atoms with Gasteiger partial charge in [0.25, 0.3) is 0 Å². The Bertz CT molecular complexity index is 1600. The molecule has 2 N–H and O–H groups in total. The van der Waals surface area contributed by atoms with Crippen molar-refractivity contribution in [2.75, 3.05) is 6.54 Å². The molecule has 2 aromatic carbocycles. The standard InChI is InChI=1S/C29H27F8NO6S/c30-19-3-5-20(6-4-19)45(43,44)26-13-14-38(23(39)16-9-11-25(42,12-10-16)24(40)41)22(26)8-1-17-15-18(2-7-21(17)26)27(31,28(32,33)34)29(35,36)37/h2-7,15-16,22,42H,1,8-14H2,(H,40,41)/t16-,22-,25+,26-/m1/s1. The summed E-state index contributed by atoms with van der Waals surface area (Å²) in [5.41, 5.74) is -10.0. The Morgan fingerprint density at radius 3 is 1.98 bits per heavy atom. The molecule has 2 fully saturated rings. The van der Waals surface area contributed by atoms with Crippen LogP contribution in [0.4, 0.5) is 35.1 Å². The first-order valence-electron chi connectivity index (χ1n) is 13.9. The molecule has 246 valence electrons. The third-order valence-corrected chi connectivity index (χ3v) is 12.1. The van der Waals surface area contributed by atoms with Gasteiger partial charge in [0, 0.05) is 18.0 Å². The normalized spacial score (nSPS) is 27.5. The number of carbonyl (C=O) groups excluding carboxylic acids is 1. The number of alkyl halides is 7. The highest BCUT2D eigenvalue weighted by Gasteiger charge is 2.74. The van der Waals surface area contributed by atoms with Gasteiger partial charge in [-0.1, -0.05) is 18.2 Å². The molecule has 0 unspecified atom stereocenters. The zero-order valence-corrected chi connectivity index (χ0v) is 24.1. The van der Waals surface area contributed by atoms with E-state index in [2.05, 4.69) is 0 Å². The summed E-state index contributed by atoms with van der Waals surface area (Å²) in [7, 11) is -4.64. The summed E-state index contributed by atoms with van der Waals surface area (Å²) in [5.74, 6) is -3.56. The van der Waals surface area contributed by atoms with Crippen molar-refractivity contribution >= 4 is 21.7 Å². The number of nitrogens with zero attached hydrogens (tertiary/aromatic N) is 1. The number of amides is 1. The number of hydrogen-bond acceptors (Lipinski definition) is 5. The average molecular weight is 670 g/mol. The molecule has 45 heavy (non-hydrogen) atoms. The number of sulfone groups is 1. The summed E-state index contributed by atoms with van der Waals surface area (Å²) < 4.78 is 137. The lowest BCUT2D eigenvalue weighted by Crippen LogP contribution is -2.54. The molecular formula is C29H27F8NO6S. The number of aliphatic carboxylic acids is 1. The van der Waals surface area contributed by atoms with Crippen molar-refractivity contribution in [2.45, 2.75) is 84.3 Å². The molecule has 1 amide bonds. The molecular weight excluding hydrogens is 642 g/mol. The topological polar surface area (TPSA) is 112 Å². The van der Waals surface area contributed by atoms with Crippen molar-refractivity contribution in [2.24, 2.45) is 5.92 Å². The van der Waals surface area contributed by atoms with E-state index < -0.39 is 78.3 Å². The number of hydrogen-bond donors (Lipinski definition) is 2. The molecule has 7 nitrogen and oxygen atoms in total. The number of aryl methyl sites for hydroxylation is 1. The fourth-order valence-corrected chi connectivity index (χ4v) is 9.48. The van der Waals surface area contributed by atoms with Gasteiger partial charge in [-0.25, -0.2) is 22.0 Å². The van der Waals surface area contributed by atoms with Crippen LogP contribution in [0.25, 0.3) is 0 Å². The zero-order valence-electron chi connectivity index (χ0n) is 23.3. The second-order valence-electron chi connectivity index (χ2n) is 11.8. The Balaban J connectivity index is 1.62. The maximum atomic E-state index is 15.0. The van der Waals surface area contributed by atoms with E-state index in [4.69, 9.17) is 0 Å². The number of carboxylic acid groups (broad SMARTS) is 1. The molecule has 1 saturated carbocycles. The first-order valence-corrected chi connectivity index (χ1v) is 15.4. The van der Waals surface area contributed by atoms with E-state index in [-0.39, 0.29) is 68.7 Å². The highest BCUT2D eigenvalue weighted by molar-refractivity contribution is 7.92. The molecule has 5 rings (SSSR count). The fourth-order valence-electron chi connectivity index (χ4n) is 7.11. The Labute approximate surface area is 251 Å². The second-order valence-corrected chi connectivity index (χ2v) is 14.0. The second kappa shape index (κ2) is 10.6. The molecule has 3 aliphatic rings. The van der Waals surface area contributed by atoms with E-state index >= 15 is 0 Å². The Morgan fingerprint density at radius 1 is 0.867 bits per heavy atom. The number of likely N-dealkylation sites (tertiary alicyclic amines) is 1. The van der Waals surface area contributed by atoms with Gasteiger partial charge in [-0.05, 0) is 80.3 Å². The van der Waals surface area contributed by atoms with Gasteiger partial charge in [-0.2, -0.15) is 26.3 Å². The van der Waals surface area contributed by atoms with Crippen LogP contribution in [0.3, 0.4) is 0 Å². The molecule has 2 aromatic rings. The van der Waals surface area contributed by atoms with Crippen molar-refractivity contribution in [3.63, 3.8) is 0 Å². The zero-order chi connectivity index (χ0) is 33.4. The van der Waals surface area contributed by atoms with Crippen LogP contribution in [0.2, 0.25) is 0 Å². The van der Waals surface area contributed by atoms with E-state index in [9.17, 15) is 63.3 Å². The first-order chi connectivity index (χ1) is 20.7. The van der Waals surface area contributed by atoms with Crippen LogP contribution in [0.1, 0.15) is 55.2 Å². The lowest BCUT2D eigenvalue weighted by molar-refractivity contribution is -0.348. The van der Waals surface area contributed by atoms with Crippen LogP contribution in [-0.4, -0.2) is 65.9 Å². The van der Waals surface area contributed by atoms with Gasteiger partial charge >= 0.3 is 24.0 Å². The molecule has 0 radical (unpaired) electrons. The van der Waals surface area contributed by atoms with E-state index in [1.54, 1.807) is 0 Å². The Hall–Kier alpha value is -3.27. The first kappa shape index (κ1) is 33.1. The Kier molecular flexibility index (Phi) is 7.83. The van der Waals surface area contributed by atoms with Gasteiger partial charge < -0.3 is 15.1 Å². The molecule has 1 heterocycles. The smallest absolute Gasteiger partial charge is 0.435 e. The number of carbonyl (C=O) groups is 2. The number of aliphatic hydroxyl groups is 1. The van der Waals surface area contributed by atoms with Gasteiger partial charge in [0.15, 0.2) is 15.4 Å². The maximum absolute atomic E-state index is 15.0. The third-order valence-electron chi connectivity index (χ3n) is 9.51. The predicted molar refractivity (Wildman–Crippen MR) is 140 cm³/mol. The van der Waals surface area contributed by atoms with Gasteiger partial charge in [-0.3, -0.25) is 4.79 Å². The summed E-state index contributed by atoms with van der Waals surface area (Å²) in [4.78, 5) is 26.1. The minimum absolute atomic E-state index is 0.0318. The van der Waals surface area contributed by atoms with Gasteiger partial charge in [0.1, 0.15) is 10.6 Å². The lowest BCUT2D eigenvalue weighted by Gasteiger charge is -2.44. The van der Waals surface area contributed by atoms with Crippen molar-refractivity contribution in [3.8, 4) is 0 Å². The molecule has 16 heteroatoms. The maximum Gasteiger partial charge on any atom is 0.435 e. The number of carboxylic acids is 1. The van der Waals surface area contributed by atoms with Crippen LogP contribution in [0, 0.1) is 11.7 Å². The van der Waals surface area contributed by atoms with E-state index in [0.717, 1.165) is 30.3 Å². The largest absolute Gasteiger partial charge is 0.479 e. The number of rotatable bonds is 5. The van der Waals surface area contributed by atoms with Crippen LogP contribution in [-0.2, 0) is 36.3 Å². The third kappa shape index (κ3) is 4.89. The van der Waals surface area contributed by atoms with Gasteiger partial charge in [0.2, 0.25) is 5.91 Å². The van der Waals surface area contributed by atoms with Crippen molar-refractivity contribution in [1.82, 2.24) is 4.90 Å². The summed E-state index contributed by atoms with van der Waals surface area (Å²) in [6.45, 7) is -0.192. The molecule has 0 spiro atoms. The van der Waals surface area contributed by atoms with E-state index in [0.29, 0.717) is 6.07 Å². The SMILES string of the molecule is O=C([C@H]1CC[C@](O)(C(=O)O)CC1)N1CC[C@@]2(S(=O)(=O)c3ccc(F)cc3)c3ccc(C(F)(C(F)(F)F)C(F)(F)F)cc3CC[C@@H]12. The highest BCUT2D eigenvalue weighted by Crippen LogP contribution is 2.57. The molecule has 1 aliphatic heterocycles. The fraction of sp³-hybridized carbons (Fsp3) is 0.517. The van der Waals surface area contributed by atoms with Gasteiger partial charge in [0.05, 0.1) is 10.9 Å². The molecule has 1 saturated heterocycles. The molecule has 2 aliphatic carbocycles. The van der Waals surface area contributed by atoms with Crippen molar-refractivity contribution in [3.05, 3.63) is 65.0 Å². The Morgan fingerprint density at radius 2 is 1.44 bits per heavy atom. The van der Waals surface area contributed by atoms with Crippen LogP contribution < -0.4 is 0 Å². The summed E-state index contributed by atoms with van der Waals surface area (Å²) >= 11 is 0. The lowest BCUT2D eigenvalue weighted by atomic mass is 9.76. The van der Waals surface area contributed by atoms with Crippen molar-refractivity contribution in [1.29, 1.82) is 0 Å². The minimum atomic E-state index is -6.39. The number of halogens is 8. The predicted octanol–water partition coefficient (Wildman–Crippen LogP) is 5.34. The van der Waals surface area contributed by atoms with Crippen LogP contribution in [0.5, 0.6) is 0 Å². The molecule has 2 atom stereocenters. The van der Waals surface area contributed by atoms with Crippen molar-refractivity contribution < 1.29 is 63.3 Å². The monoisotopic (exact) mass is 669 g/mol. The van der Waals surface area contributed by atoms with E-state index in [1.807, 2.05) is 0 Å². The average Bonchev–Trinajstić information content (AvgIpc) is 3.37. The summed E-state index contributed by atoms with van der Waals surface area (Å²) in [6.07, 6.45) is -14.2. The van der Waals surface area contributed by atoms with Crippen LogP contribution in [0.15, 0.2) is 47.4 Å². The molecule has 0 aromatic heterocycles. The number of benzene rings is 2. The van der Waals surface area contributed by atoms with Gasteiger partial charge in [-0.15, -0.1) is 0 Å². The number of fused-ring (bicyclic) bond motifs is 3.